The molecule has 160 valence electrons. The molecular weight excluding hydrogens is 392 g/mol. The van der Waals surface area contributed by atoms with Crippen molar-refractivity contribution in [2.75, 3.05) is 20.8 Å². The number of hydrogen-bond donors (Lipinski definition) is 1. The number of fused-ring (bicyclic) bond motifs is 1. The van der Waals surface area contributed by atoms with Gasteiger partial charge >= 0.3 is 0 Å². The molecule has 3 aromatic rings. The summed E-state index contributed by atoms with van der Waals surface area (Å²) in [6, 6.07) is 19.0. The Morgan fingerprint density at radius 1 is 0.903 bits per heavy atom. The first kappa shape index (κ1) is 20.8. The van der Waals surface area contributed by atoms with E-state index in [9.17, 15) is 4.79 Å². The normalized spacial score (nSPS) is 12.8. The van der Waals surface area contributed by atoms with Gasteiger partial charge in [0.25, 0.3) is 5.91 Å². The fourth-order valence-electron chi connectivity index (χ4n) is 3.78. The summed E-state index contributed by atoms with van der Waals surface area (Å²) in [5.74, 6) is 2.08. The molecule has 1 aliphatic heterocycles. The van der Waals surface area contributed by atoms with E-state index in [1.807, 2.05) is 35.2 Å². The van der Waals surface area contributed by atoms with E-state index in [0.717, 1.165) is 12.0 Å². The van der Waals surface area contributed by atoms with Crippen LogP contribution in [-0.2, 0) is 19.5 Å². The predicted octanol–water partition coefficient (Wildman–Crippen LogP) is 4.15. The smallest absolute Gasteiger partial charge is 0.254 e. The van der Waals surface area contributed by atoms with Gasteiger partial charge in [0.15, 0.2) is 23.0 Å². The number of carbonyl (C=O) groups is 1. The van der Waals surface area contributed by atoms with Crippen LogP contribution < -0.4 is 19.9 Å². The number of benzene rings is 3. The molecule has 0 radical (unpaired) electrons. The number of methoxy groups -OCH3 is 2. The average Bonchev–Trinajstić information content (AvgIpc) is 2.83. The largest absolute Gasteiger partial charge is 0.493 e. The molecule has 31 heavy (non-hydrogen) atoms. The highest BCUT2D eigenvalue weighted by Gasteiger charge is 2.23. The molecular formula is C25H26N2O4. The maximum absolute atomic E-state index is 13.1. The van der Waals surface area contributed by atoms with E-state index in [-0.39, 0.29) is 5.91 Å². The van der Waals surface area contributed by atoms with Gasteiger partial charge in [-0.3, -0.25) is 4.79 Å². The van der Waals surface area contributed by atoms with Gasteiger partial charge in [0.05, 0.1) is 14.2 Å². The van der Waals surface area contributed by atoms with Gasteiger partial charge in [-0.1, -0.05) is 30.3 Å². The maximum Gasteiger partial charge on any atom is 0.254 e. The van der Waals surface area contributed by atoms with E-state index in [4.69, 9.17) is 19.9 Å². The summed E-state index contributed by atoms with van der Waals surface area (Å²) >= 11 is 0. The van der Waals surface area contributed by atoms with Gasteiger partial charge in [-0.05, 0) is 53.4 Å². The van der Waals surface area contributed by atoms with Crippen molar-refractivity contribution in [2.24, 2.45) is 5.73 Å². The van der Waals surface area contributed by atoms with Gasteiger partial charge in [0, 0.05) is 25.2 Å². The minimum absolute atomic E-state index is 0.0239. The van der Waals surface area contributed by atoms with Crippen molar-refractivity contribution in [2.45, 2.75) is 19.5 Å². The molecule has 4 rings (SSSR count). The second kappa shape index (κ2) is 9.10. The third-order valence-corrected chi connectivity index (χ3v) is 5.51. The van der Waals surface area contributed by atoms with Crippen LogP contribution in [0.15, 0.2) is 60.7 Å². The Morgan fingerprint density at radius 3 is 2.29 bits per heavy atom. The summed E-state index contributed by atoms with van der Waals surface area (Å²) in [6.07, 6.45) is 0.860. The molecule has 3 aromatic carbocycles. The number of ether oxygens (including phenoxy) is 3. The van der Waals surface area contributed by atoms with Gasteiger partial charge in [-0.2, -0.15) is 0 Å². The van der Waals surface area contributed by atoms with Crippen molar-refractivity contribution in [1.29, 1.82) is 0 Å². The summed E-state index contributed by atoms with van der Waals surface area (Å²) in [5, 5.41) is 0. The molecule has 0 aliphatic carbocycles. The summed E-state index contributed by atoms with van der Waals surface area (Å²) in [4.78, 5) is 15.0. The molecule has 1 heterocycles. The van der Waals surface area contributed by atoms with E-state index >= 15 is 0 Å². The Morgan fingerprint density at radius 2 is 1.58 bits per heavy atom. The SMILES string of the molecule is COc1cc(CN)ccc1Oc1ccc(C(=O)N2CCc3ccccc3C2)cc1OC. The first-order valence-corrected chi connectivity index (χ1v) is 10.2. The molecule has 2 N–H and O–H groups in total. The number of rotatable bonds is 6. The van der Waals surface area contributed by atoms with Crippen LogP contribution in [0, 0.1) is 0 Å². The number of hydrogen-bond acceptors (Lipinski definition) is 5. The van der Waals surface area contributed by atoms with Crippen molar-refractivity contribution >= 4 is 5.91 Å². The molecule has 1 aliphatic rings. The number of nitrogens with zero attached hydrogens (tertiary/aromatic N) is 1. The lowest BCUT2D eigenvalue weighted by atomic mass is 9.99. The first-order valence-electron chi connectivity index (χ1n) is 10.2. The Bertz CT molecular complexity index is 1100. The van der Waals surface area contributed by atoms with Crippen LogP contribution >= 0.6 is 0 Å². The topological polar surface area (TPSA) is 74.0 Å². The fourth-order valence-corrected chi connectivity index (χ4v) is 3.78. The van der Waals surface area contributed by atoms with E-state index in [2.05, 4.69) is 12.1 Å². The van der Waals surface area contributed by atoms with Crippen LogP contribution in [0.3, 0.4) is 0 Å². The van der Waals surface area contributed by atoms with E-state index in [1.54, 1.807) is 32.4 Å². The van der Waals surface area contributed by atoms with Gasteiger partial charge < -0.3 is 24.8 Å². The molecule has 0 saturated heterocycles. The lowest BCUT2D eigenvalue weighted by Crippen LogP contribution is -2.35. The molecule has 0 unspecified atom stereocenters. The van der Waals surface area contributed by atoms with E-state index < -0.39 is 0 Å². The average molecular weight is 418 g/mol. The van der Waals surface area contributed by atoms with Crippen LogP contribution in [0.4, 0.5) is 0 Å². The Balaban J connectivity index is 1.55. The number of carbonyl (C=O) groups excluding carboxylic acids is 1. The summed E-state index contributed by atoms with van der Waals surface area (Å²) in [7, 11) is 3.14. The van der Waals surface area contributed by atoms with Gasteiger partial charge in [-0.25, -0.2) is 0 Å². The fraction of sp³-hybridized carbons (Fsp3) is 0.240. The zero-order valence-electron chi connectivity index (χ0n) is 17.8. The molecule has 0 atom stereocenters. The number of nitrogens with two attached hydrogens (primary N) is 1. The third-order valence-electron chi connectivity index (χ3n) is 5.51. The van der Waals surface area contributed by atoms with Gasteiger partial charge in [0.2, 0.25) is 0 Å². The quantitative estimate of drug-likeness (QED) is 0.651. The molecule has 0 saturated carbocycles. The Labute approximate surface area is 182 Å². The monoisotopic (exact) mass is 418 g/mol. The van der Waals surface area contributed by atoms with Gasteiger partial charge in [0.1, 0.15) is 0 Å². The first-order chi connectivity index (χ1) is 15.1. The lowest BCUT2D eigenvalue weighted by molar-refractivity contribution is 0.0734. The van der Waals surface area contributed by atoms with Crippen LogP contribution in [0.2, 0.25) is 0 Å². The second-order valence-corrected chi connectivity index (χ2v) is 7.40. The Kier molecular flexibility index (Phi) is 6.09. The minimum Gasteiger partial charge on any atom is -0.493 e. The van der Waals surface area contributed by atoms with Crippen LogP contribution in [0.1, 0.15) is 27.0 Å². The van der Waals surface area contributed by atoms with Crippen LogP contribution in [0.5, 0.6) is 23.0 Å². The molecule has 6 nitrogen and oxygen atoms in total. The summed E-state index contributed by atoms with van der Waals surface area (Å²) in [6.45, 7) is 1.72. The van der Waals surface area contributed by atoms with Crippen LogP contribution in [-0.4, -0.2) is 31.6 Å². The van der Waals surface area contributed by atoms with Gasteiger partial charge in [-0.15, -0.1) is 0 Å². The third kappa shape index (κ3) is 4.34. The summed E-state index contributed by atoms with van der Waals surface area (Å²) < 4.78 is 17.0. The number of amides is 1. The van der Waals surface area contributed by atoms with Crippen molar-refractivity contribution in [3.63, 3.8) is 0 Å². The zero-order valence-corrected chi connectivity index (χ0v) is 17.8. The second-order valence-electron chi connectivity index (χ2n) is 7.40. The highest BCUT2D eigenvalue weighted by molar-refractivity contribution is 5.95. The van der Waals surface area contributed by atoms with E-state index in [0.29, 0.717) is 48.2 Å². The van der Waals surface area contributed by atoms with Crippen LogP contribution in [0.25, 0.3) is 0 Å². The van der Waals surface area contributed by atoms with Crippen molar-refractivity contribution in [3.8, 4) is 23.0 Å². The standard InChI is InChI=1S/C25H26N2O4/c1-29-23-13-17(15-26)7-9-21(23)31-22-10-8-19(14-24(22)30-2)25(28)27-12-11-18-5-3-4-6-20(18)16-27/h3-10,13-14H,11-12,15-16,26H2,1-2H3. The van der Waals surface area contributed by atoms with Crippen molar-refractivity contribution in [1.82, 2.24) is 4.90 Å². The molecule has 0 spiro atoms. The van der Waals surface area contributed by atoms with Crippen molar-refractivity contribution in [3.05, 3.63) is 82.9 Å². The zero-order chi connectivity index (χ0) is 21.8. The molecule has 0 fully saturated rings. The molecule has 1 amide bonds. The lowest BCUT2D eigenvalue weighted by Gasteiger charge is -2.29. The molecule has 6 heteroatoms. The minimum atomic E-state index is -0.0239. The predicted molar refractivity (Wildman–Crippen MR) is 119 cm³/mol. The molecule has 0 bridgehead atoms. The van der Waals surface area contributed by atoms with E-state index in [1.165, 1.54) is 11.1 Å². The highest BCUT2D eigenvalue weighted by Crippen LogP contribution is 2.37. The summed E-state index contributed by atoms with van der Waals surface area (Å²) in [5.41, 5.74) is 9.72. The molecule has 0 aromatic heterocycles. The highest BCUT2D eigenvalue weighted by atomic mass is 16.5. The van der Waals surface area contributed by atoms with Crippen molar-refractivity contribution < 1.29 is 19.0 Å². The maximum atomic E-state index is 13.1. The Hall–Kier alpha value is -3.51.